The highest BCUT2D eigenvalue weighted by molar-refractivity contribution is 6.31. The Labute approximate surface area is 88.5 Å². The van der Waals surface area contributed by atoms with Gasteiger partial charge < -0.3 is 4.57 Å². The molecule has 0 aromatic carbocycles. The van der Waals surface area contributed by atoms with Crippen molar-refractivity contribution in [2.24, 2.45) is 7.05 Å². The summed E-state index contributed by atoms with van der Waals surface area (Å²) in [5.41, 5.74) is 2.23. The number of allylic oxidation sites excluding steroid dienone is 1. The Morgan fingerprint density at radius 3 is 2.64 bits per heavy atom. The summed E-state index contributed by atoms with van der Waals surface area (Å²) in [6, 6.07) is 1.76. The highest BCUT2D eigenvalue weighted by Crippen LogP contribution is 2.25. The summed E-state index contributed by atoms with van der Waals surface area (Å²) in [6.07, 6.45) is 1.73. The van der Waals surface area contributed by atoms with Crippen LogP contribution in [-0.4, -0.2) is 4.57 Å². The minimum atomic E-state index is -0.433. The molecule has 1 heterocycles. The fourth-order valence-electron chi connectivity index (χ4n) is 1.33. The average Bonchev–Trinajstić information content (AvgIpc) is 2.32. The van der Waals surface area contributed by atoms with Gasteiger partial charge in [-0.15, -0.1) is 0 Å². The number of halogens is 2. The van der Waals surface area contributed by atoms with E-state index in [0.717, 1.165) is 11.4 Å². The molecule has 1 nitrogen and oxygen atoms in total. The molecule has 0 aliphatic heterocycles. The molecule has 0 bridgehead atoms. The van der Waals surface area contributed by atoms with Crippen LogP contribution in [-0.2, 0) is 7.05 Å². The van der Waals surface area contributed by atoms with E-state index in [-0.39, 0.29) is 0 Å². The molecule has 0 atom stereocenters. The number of aryl methyl sites for hydroxylation is 1. The summed E-state index contributed by atoms with van der Waals surface area (Å²) in [6.45, 7) is 6.96. The molecule has 1 rings (SSSR count). The predicted molar refractivity (Wildman–Crippen MR) is 59.8 cm³/mol. The molecule has 3 heteroatoms. The van der Waals surface area contributed by atoms with Crippen LogP contribution in [0.5, 0.6) is 0 Å². The molecule has 0 amide bonds. The molecule has 76 valence electrons. The molecule has 0 saturated carbocycles. The zero-order valence-corrected chi connectivity index (χ0v) is 9.32. The van der Waals surface area contributed by atoms with Crippen molar-refractivity contribution >= 4 is 23.5 Å². The van der Waals surface area contributed by atoms with Crippen LogP contribution in [0.2, 0.25) is 0 Å². The van der Waals surface area contributed by atoms with E-state index in [1.807, 2.05) is 18.5 Å². The molecule has 0 aliphatic rings. The highest BCUT2D eigenvalue weighted by atomic mass is 35.5. The summed E-state index contributed by atoms with van der Waals surface area (Å²) < 4.78 is 14.9. The first kappa shape index (κ1) is 11.1. The molecule has 0 aliphatic carbocycles. The van der Waals surface area contributed by atoms with E-state index in [2.05, 4.69) is 6.58 Å². The second-order valence-corrected chi connectivity index (χ2v) is 3.88. The smallest absolute Gasteiger partial charge is 0.125 e. The maximum absolute atomic E-state index is 13.1. The van der Waals surface area contributed by atoms with E-state index < -0.39 is 5.83 Å². The van der Waals surface area contributed by atoms with Crippen LogP contribution in [0.4, 0.5) is 4.39 Å². The maximum Gasteiger partial charge on any atom is 0.125 e. The second kappa shape index (κ2) is 4.01. The average molecular weight is 214 g/mol. The minimum absolute atomic E-state index is 0.433. The van der Waals surface area contributed by atoms with Gasteiger partial charge in [-0.2, -0.15) is 0 Å². The number of aromatic nitrogens is 1. The van der Waals surface area contributed by atoms with Crippen molar-refractivity contribution in [2.75, 3.05) is 0 Å². The van der Waals surface area contributed by atoms with Gasteiger partial charge in [-0.1, -0.05) is 18.2 Å². The van der Waals surface area contributed by atoms with Crippen LogP contribution in [0.3, 0.4) is 0 Å². The first-order chi connectivity index (χ1) is 6.43. The Bertz CT molecular complexity index is 398. The molecule has 0 unspecified atom stereocenters. The van der Waals surface area contributed by atoms with E-state index in [0.29, 0.717) is 10.6 Å². The van der Waals surface area contributed by atoms with Gasteiger partial charge in [0.1, 0.15) is 5.83 Å². The van der Waals surface area contributed by atoms with Crippen molar-refractivity contribution in [1.29, 1.82) is 0 Å². The quantitative estimate of drug-likeness (QED) is 0.703. The molecule has 1 aromatic heterocycles. The lowest BCUT2D eigenvalue weighted by atomic mass is 10.2. The van der Waals surface area contributed by atoms with Crippen LogP contribution < -0.4 is 0 Å². The third kappa shape index (κ3) is 2.07. The van der Waals surface area contributed by atoms with Gasteiger partial charge in [0.15, 0.2) is 0 Å². The van der Waals surface area contributed by atoms with Gasteiger partial charge in [0, 0.05) is 23.3 Å². The van der Waals surface area contributed by atoms with E-state index >= 15 is 0 Å². The van der Waals surface area contributed by atoms with E-state index in [9.17, 15) is 4.39 Å². The SMILES string of the molecule is C=C(F)c1cc(C)n(C)c1/C=C(\C)Cl. The third-order valence-electron chi connectivity index (χ3n) is 2.15. The Morgan fingerprint density at radius 2 is 2.21 bits per heavy atom. The van der Waals surface area contributed by atoms with Gasteiger partial charge in [0.2, 0.25) is 0 Å². The molecular formula is C11H13ClFN. The zero-order valence-electron chi connectivity index (χ0n) is 8.56. The monoisotopic (exact) mass is 213 g/mol. The molecule has 0 spiro atoms. The van der Waals surface area contributed by atoms with Crippen molar-refractivity contribution in [3.63, 3.8) is 0 Å². The molecule has 0 radical (unpaired) electrons. The lowest BCUT2D eigenvalue weighted by molar-refractivity contribution is 0.761. The summed E-state index contributed by atoms with van der Waals surface area (Å²) >= 11 is 5.77. The van der Waals surface area contributed by atoms with Gasteiger partial charge in [-0.25, -0.2) is 4.39 Å². The van der Waals surface area contributed by atoms with Crippen molar-refractivity contribution in [3.05, 3.63) is 34.6 Å². The van der Waals surface area contributed by atoms with Gasteiger partial charge >= 0.3 is 0 Å². The fourth-order valence-corrected chi connectivity index (χ4v) is 1.43. The Kier molecular flexibility index (Phi) is 3.17. The van der Waals surface area contributed by atoms with Crippen molar-refractivity contribution in [1.82, 2.24) is 4.57 Å². The first-order valence-electron chi connectivity index (χ1n) is 4.28. The predicted octanol–water partition coefficient (Wildman–Crippen LogP) is 3.87. The third-order valence-corrected chi connectivity index (χ3v) is 2.26. The van der Waals surface area contributed by atoms with E-state index in [1.54, 1.807) is 19.1 Å². The summed E-state index contributed by atoms with van der Waals surface area (Å²) in [5, 5.41) is 0.619. The maximum atomic E-state index is 13.1. The lowest BCUT2D eigenvalue weighted by Crippen LogP contribution is -1.94. The van der Waals surface area contributed by atoms with Gasteiger partial charge in [0.25, 0.3) is 0 Å². The van der Waals surface area contributed by atoms with Crippen molar-refractivity contribution in [3.8, 4) is 0 Å². The Hall–Kier alpha value is -1.02. The van der Waals surface area contributed by atoms with Crippen LogP contribution in [0.15, 0.2) is 17.7 Å². The Balaban J connectivity index is 3.38. The molecule has 14 heavy (non-hydrogen) atoms. The van der Waals surface area contributed by atoms with Gasteiger partial charge in [-0.05, 0) is 26.0 Å². The number of hydrogen-bond acceptors (Lipinski definition) is 0. The number of nitrogens with zero attached hydrogens (tertiary/aromatic N) is 1. The summed E-state index contributed by atoms with van der Waals surface area (Å²) in [5.74, 6) is -0.433. The first-order valence-corrected chi connectivity index (χ1v) is 4.66. The standard InChI is InChI=1S/C11H13ClFN/c1-7(12)5-11-10(9(3)13)6-8(2)14(11)4/h5-6H,3H2,1-2,4H3/b7-5+. The van der Waals surface area contributed by atoms with Gasteiger partial charge in [0.05, 0.1) is 5.69 Å². The van der Waals surface area contributed by atoms with Crippen LogP contribution in [0.25, 0.3) is 11.9 Å². The van der Waals surface area contributed by atoms with Crippen LogP contribution in [0, 0.1) is 6.92 Å². The number of rotatable bonds is 2. The zero-order chi connectivity index (χ0) is 10.9. The highest BCUT2D eigenvalue weighted by Gasteiger charge is 2.10. The second-order valence-electron chi connectivity index (χ2n) is 3.28. The lowest BCUT2D eigenvalue weighted by Gasteiger charge is -2.02. The molecule has 1 aromatic rings. The molecule has 0 saturated heterocycles. The van der Waals surface area contributed by atoms with E-state index in [4.69, 9.17) is 11.6 Å². The topological polar surface area (TPSA) is 4.93 Å². The molecule has 0 fully saturated rings. The number of hydrogen-bond donors (Lipinski definition) is 0. The van der Waals surface area contributed by atoms with Crippen molar-refractivity contribution < 1.29 is 4.39 Å². The largest absolute Gasteiger partial charge is 0.348 e. The minimum Gasteiger partial charge on any atom is -0.348 e. The molecular weight excluding hydrogens is 201 g/mol. The fraction of sp³-hybridized carbons (Fsp3) is 0.273. The summed E-state index contributed by atoms with van der Waals surface area (Å²) in [7, 11) is 1.87. The van der Waals surface area contributed by atoms with Gasteiger partial charge in [-0.3, -0.25) is 0 Å². The van der Waals surface area contributed by atoms with Crippen molar-refractivity contribution in [2.45, 2.75) is 13.8 Å². The molecule has 0 N–H and O–H groups in total. The normalized spacial score (nSPS) is 11.9. The van der Waals surface area contributed by atoms with E-state index in [1.165, 1.54) is 0 Å². The van der Waals surface area contributed by atoms with Crippen LogP contribution >= 0.6 is 11.6 Å². The Morgan fingerprint density at radius 1 is 1.64 bits per heavy atom. The summed E-state index contributed by atoms with van der Waals surface area (Å²) in [4.78, 5) is 0. The van der Waals surface area contributed by atoms with Crippen LogP contribution in [0.1, 0.15) is 23.9 Å².